The summed E-state index contributed by atoms with van der Waals surface area (Å²) in [6.45, 7) is 0.419. The highest BCUT2D eigenvalue weighted by Gasteiger charge is 2.21. The molecule has 0 aliphatic rings. The van der Waals surface area contributed by atoms with E-state index in [2.05, 4.69) is 31.3 Å². The van der Waals surface area contributed by atoms with Crippen LogP contribution in [0.1, 0.15) is 17.4 Å². The number of carbonyl (C=O) groups is 1. The number of rotatable bonds is 5. The summed E-state index contributed by atoms with van der Waals surface area (Å²) in [7, 11) is 3.17. The van der Waals surface area contributed by atoms with Crippen LogP contribution in [0, 0.1) is 0 Å². The second kappa shape index (κ2) is 6.62. The minimum atomic E-state index is -0.547. The summed E-state index contributed by atoms with van der Waals surface area (Å²) in [6, 6.07) is 6.98. The Hall–Kier alpha value is -1.73. The van der Waals surface area contributed by atoms with Gasteiger partial charge >= 0.3 is 5.97 Å². The Kier molecular flexibility index (Phi) is 4.86. The number of esters is 1. The van der Waals surface area contributed by atoms with Gasteiger partial charge in [-0.1, -0.05) is 28.1 Å². The number of ether oxygens (including phenoxy) is 1. The molecule has 1 N–H and O–H groups in total. The lowest BCUT2D eigenvalue weighted by Gasteiger charge is -2.16. The highest BCUT2D eigenvalue weighted by molar-refractivity contribution is 9.10. The Morgan fingerprint density at radius 1 is 1.55 bits per heavy atom. The quantitative estimate of drug-likeness (QED) is 0.838. The van der Waals surface area contributed by atoms with E-state index in [-0.39, 0.29) is 5.97 Å². The summed E-state index contributed by atoms with van der Waals surface area (Å²) in [5.41, 5.74) is 0.827. The lowest BCUT2D eigenvalue weighted by Crippen LogP contribution is -2.30. The topological polar surface area (TPSA) is 69.0 Å². The molecule has 0 fully saturated rings. The maximum Gasteiger partial charge on any atom is 0.327 e. The van der Waals surface area contributed by atoms with Crippen molar-refractivity contribution in [1.82, 2.24) is 20.1 Å². The molecule has 1 aromatic heterocycles. The monoisotopic (exact) mass is 338 g/mol. The number of nitrogens with zero attached hydrogens (tertiary/aromatic N) is 3. The van der Waals surface area contributed by atoms with E-state index in [1.807, 2.05) is 24.3 Å². The molecule has 0 saturated carbocycles. The molecule has 0 amide bonds. The number of hydrogen-bond donors (Lipinski definition) is 1. The fourth-order valence-electron chi connectivity index (χ4n) is 1.81. The molecule has 20 heavy (non-hydrogen) atoms. The standard InChI is InChI=1S/C13H15BrN4O2/c1-18-11(16-8-17-18)7-15-12(13(19)20-2)9-4-3-5-10(14)6-9/h3-6,8,12,15H,7H2,1-2H3. The fourth-order valence-corrected chi connectivity index (χ4v) is 2.23. The average Bonchev–Trinajstić information content (AvgIpc) is 2.84. The molecule has 106 valence electrons. The van der Waals surface area contributed by atoms with Gasteiger partial charge in [0.15, 0.2) is 0 Å². The minimum absolute atomic E-state index is 0.342. The third-order valence-electron chi connectivity index (χ3n) is 2.89. The molecule has 2 aromatic rings. The predicted octanol–water partition coefficient (Wildman–Crippen LogP) is 1.58. The van der Waals surface area contributed by atoms with Gasteiger partial charge in [-0.25, -0.2) is 9.78 Å². The maximum absolute atomic E-state index is 11.9. The zero-order chi connectivity index (χ0) is 14.5. The molecule has 2 rings (SSSR count). The van der Waals surface area contributed by atoms with Crippen LogP contribution in [-0.2, 0) is 23.1 Å². The van der Waals surface area contributed by atoms with Crippen LogP contribution in [0.3, 0.4) is 0 Å². The van der Waals surface area contributed by atoms with Crippen molar-refractivity contribution < 1.29 is 9.53 Å². The molecule has 1 atom stereocenters. The largest absolute Gasteiger partial charge is 0.468 e. The number of benzene rings is 1. The van der Waals surface area contributed by atoms with Crippen molar-refractivity contribution >= 4 is 21.9 Å². The fraction of sp³-hybridized carbons (Fsp3) is 0.308. The van der Waals surface area contributed by atoms with Crippen molar-refractivity contribution in [2.45, 2.75) is 12.6 Å². The van der Waals surface area contributed by atoms with Crippen LogP contribution < -0.4 is 5.32 Å². The Morgan fingerprint density at radius 2 is 2.35 bits per heavy atom. The molecule has 0 radical (unpaired) electrons. The summed E-state index contributed by atoms with van der Waals surface area (Å²) >= 11 is 3.40. The van der Waals surface area contributed by atoms with E-state index >= 15 is 0 Å². The molecule has 7 heteroatoms. The van der Waals surface area contributed by atoms with Gasteiger partial charge in [0.25, 0.3) is 0 Å². The number of carbonyl (C=O) groups excluding carboxylic acids is 1. The molecule has 0 aliphatic carbocycles. The van der Waals surface area contributed by atoms with Gasteiger partial charge in [0.1, 0.15) is 18.2 Å². The summed E-state index contributed by atoms with van der Waals surface area (Å²) < 4.78 is 7.41. The van der Waals surface area contributed by atoms with E-state index in [0.29, 0.717) is 6.54 Å². The Morgan fingerprint density at radius 3 is 2.95 bits per heavy atom. The minimum Gasteiger partial charge on any atom is -0.468 e. The Bertz CT molecular complexity index is 600. The molecule has 1 heterocycles. The second-order valence-electron chi connectivity index (χ2n) is 4.19. The average molecular weight is 339 g/mol. The van der Waals surface area contributed by atoms with Crippen molar-refractivity contribution in [3.63, 3.8) is 0 Å². The normalized spacial score (nSPS) is 12.2. The molecule has 1 aromatic carbocycles. The molecule has 0 spiro atoms. The molecule has 6 nitrogen and oxygen atoms in total. The van der Waals surface area contributed by atoms with Gasteiger partial charge in [-0.05, 0) is 17.7 Å². The van der Waals surface area contributed by atoms with Gasteiger partial charge in [-0.3, -0.25) is 10.00 Å². The molecule has 1 unspecified atom stereocenters. The zero-order valence-corrected chi connectivity index (χ0v) is 12.8. The van der Waals surface area contributed by atoms with Crippen molar-refractivity contribution in [1.29, 1.82) is 0 Å². The van der Waals surface area contributed by atoms with Crippen molar-refractivity contribution in [3.8, 4) is 0 Å². The highest BCUT2D eigenvalue weighted by atomic mass is 79.9. The smallest absolute Gasteiger partial charge is 0.327 e. The number of aryl methyl sites for hydroxylation is 1. The van der Waals surface area contributed by atoms with Gasteiger partial charge < -0.3 is 4.74 Å². The molecule has 0 aliphatic heterocycles. The Labute approximate surface area is 125 Å². The van der Waals surface area contributed by atoms with Crippen LogP contribution >= 0.6 is 15.9 Å². The van der Waals surface area contributed by atoms with E-state index in [1.54, 1.807) is 11.7 Å². The van der Waals surface area contributed by atoms with Gasteiger partial charge in [0, 0.05) is 11.5 Å². The van der Waals surface area contributed by atoms with Gasteiger partial charge in [0.2, 0.25) is 0 Å². The van der Waals surface area contributed by atoms with E-state index in [9.17, 15) is 4.79 Å². The molecule has 0 bridgehead atoms. The third kappa shape index (κ3) is 3.43. The van der Waals surface area contributed by atoms with Crippen LogP contribution in [0.25, 0.3) is 0 Å². The molecule has 0 saturated heterocycles. The van der Waals surface area contributed by atoms with E-state index in [4.69, 9.17) is 4.74 Å². The van der Waals surface area contributed by atoms with Crippen LogP contribution in [-0.4, -0.2) is 27.8 Å². The summed E-state index contributed by atoms with van der Waals surface area (Å²) in [6.07, 6.45) is 1.48. The number of halogens is 1. The third-order valence-corrected chi connectivity index (χ3v) is 3.38. The van der Waals surface area contributed by atoms with Gasteiger partial charge in [-0.2, -0.15) is 5.10 Å². The molecular weight excluding hydrogens is 324 g/mol. The van der Waals surface area contributed by atoms with Crippen molar-refractivity contribution in [2.75, 3.05) is 7.11 Å². The van der Waals surface area contributed by atoms with Crippen molar-refractivity contribution in [3.05, 3.63) is 46.5 Å². The van der Waals surface area contributed by atoms with Crippen LogP contribution in [0.2, 0.25) is 0 Å². The first-order chi connectivity index (χ1) is 9.61. The van der Waals surface area contributed by atoms with E-state index in [0.717, 1.165) is 15.9 Å². The van der Waals surface area contributed by atoms with Crippen molar-refractivity contribution in [2.24, 2.45) is 7.05 Å². The number of methoxy groups -OCH3 is 1. The molecular formula is C13H15BrN4O2. The van der Waals surface area contributed by atoms with E-state index in [1.165, 1.54) is 13.4 Å². The SMILES string of the molecule is COC(=O)C(NCc1ncnn1C)c1cccc(Br)c1. The summed E-state index contributed by atoms with van der Waals surface area (Å²) in [5, 5.41) is 7.13. The highest BCUT2D eigenvalue weighted by Crippen LogP contribution is 2.19. The van der Waals surface area contributed by atoms with Gasteiger partial charge in [0.05, 0.1) is 13.7 Å². The summed E-state index contributed by atoms with van der Waals surface area (Å²) in [5.74, 6) is 0.402. The summed E-state index contributed by atoms with van der Waals surface area (Å²) in [4.78, 5) is 16.0. The second-order valence-corrected chi connectivity index (χ2v) is 5.11. The maximum atomic E-state index is 11.9. The number of hydrogen-bond acceptors (Lipinski definition) is 5. The number of nitrogens with one attached hydrogen (secondary N) is 1. The first-order valence-corrected chi connectivity index (χ1v) is 6.80. The first kappa shape index (κ1) is 14.7. The van der Waals surface area contributed by atoms with Crippen LogP contribution in [0.5, 0.6) is 0 Å². The zero-order valence-electron chi connectivity index (χ0n) is 11.2. The lowest BCUT2D eigenvalue weighted by molar-refractivity contribution is -0.143. The first-order valence-electron chi connectivity index (χ1n) is 6.01. The number of aromatic nitrogens is 3. The van der Waals surface area contributed by atoms with Crippen LogP contribution in [0.4, 0.5) is 0 Å². The predicted molar refractivity (Wildman–Crippen MR) is 76.7 cm³/mol. The lowest BCUT2D eigenvalue weighted by atomic mass is 10.1. The van der Waals surface area contributed by atoms with Crippen LogP contribution in [0.15, 0.2) is 35.1 Å². The van der Waals surface area contributed by atoms with E-state index < -0.39 is 6.04 Å². The van der Waals surface area contributed by atoms with Gasteiger partial charge in [-0.15, -0.1) is 0 Å². The Balaban J connectivity index is 2.16.